The Kier molecular flexibility index (Phi) is 4.49. The molecule has 0 spiro atoms. The third-order valence-corrected chi connectivity index (χ3v) is 4.67. The van der Waals surface area contributed by atoms with E-state index in [1.54, 1.807) is 30.2 Å². The quantitative estimate of drug-likeness (QED) is 0.674. The summed E-state index contributed by atoms with van der Waals surface area (Å²) in [6, 6.07) is 5.78. The van der Waals surface area contributed by atoms with Gasteiger partial charge in [0.15, 0.2) is 0 Å². The zero-order chi connectivity index (χ0) is 13.0. The van der Waals surface area contributed by atoms with Crippen molar-refractivity contribution in [1.82, 2.24) is 4.98 Å². The average Bonchev–Trinajstić information content (AvgIpc) is 2.77. The normalized spacial score (nSPS) is 10.6. The number of thioether (sulfide) groups is 1. The minimum atomic E-state index is 0.731. The van der Waals surface area contributed by atoms with Crippen molar-refractivity contribution in [2.75, 3.05) is 18.6 Å². The van der Waals surface area contributed by atoms with Crippen LogP contribution < -0.4 is 10.5 Å². The zero-order valence-corrected chi connectivity index (χ0v) is 12.1. The highest BCUT2D eigenvalue weighted by Gasteiger charge is 2.06. The molecule has 0 amide bonds. The van der Waals surface area contributed by atoms with Crippen molar-refractivity contribution in [3.05, 3.63) is 34.3 Å². The number of benzene rings is 1. The van der Waals surface area contributed by atoms with Crippen LogP contribution in [-0.2, 0) is 6.42 Å². The molecule has 2 rings (SSSR count). The predicted molar refractivity (Wildman–Crippen MR) is 78.7 cm³/mol. The highest BCUT2D eigenvalue weighted by Crippen LogP contribution is 2.31. The van der Waals surface area contributed by atoms with Gasteiger partial charge in [0.2, 0.25) is 0 Å². The van der Waals surface area contributed by atoms with E-state index in [0.717, 1.165) is 34.2 Å². The largest absolute Gasteiger partial charge is 0.496 e. The van der Waals surface area contributed by atoms with Gasteiger partial charge in [0.1, 0.15) is 5.75 Å². The van der Waals surface area contributed by atoms with E-state index in [1.165, 1.54) is 4.88 Å². The molecule has 0 aliphatic heterocycles. The van der Waals surface area contributed by atoms with Crippen molar-refractivity contribution in [2.24, 2.45) is 0 Å². The molecule has 0 atom stereocenters. The van der Waals surface area contributed by atoms with E-state index in [4.69, 9.17) is 10.5 Å². The van der Waals surface area contributed by atoms with Gasteiger partial charge >= 0.3 is 0 Å². The number of ether oxygens (including phenoxy) is 1. The molecule has 0 aliphatic rings. The monoisotopic (exact) mass is 280 g/mol. The highest BCUT2D eigenvalue weighted by molar-refractivity contribution is 7.99. The van der Waals surface area contributed by atoms with Crippen molar-refractivity contribution in [3.8, 4) is 5.75 Å². The average molecular weight is 280 g/mol. The first kappa shape index (κ1) is 13.2. The van der Waals surface area contributed by atoms with Crippen molar-refractivity contribution in [2.45, 2.75) is 18.2 Å². The van der Waals surface area contributed by atoms with Crippen LogP contribution in [0.4, 0.5) is 5.69 Å². The molecule has 18 heavy (non-hydrogen) atoms. The van der Waals surface area contributed by atoms with Crippen LogP contribution in [0, 0.1) is 6.92 Å². The lowest BCUT2D eigenvalue weighted by atomic mass is 10.3. The summed E-state index contributed by atoms with van der Waals surface area (Å²) in [4.78, 5) is 6.75. The summed E-state index contributed by atoms with van der Waals surface area (Å²) in [5.74, 6) is 1.87. The Balaban J connectivity index is 1.96. The number of hydrogen-bond acceptors (Lipinski definition) is 5. The van der Waals surface area contributed by atoms with Crippen LogP contribution in [0.25, 0.3) is 0 Å². The van der Waals surface area contributed by atoms with Crippen molar-refractivity contribution in [1.29, 1.82) is 0 Å². The number of anilines is 1. The van der Waals surface area contributed by atoms with Crippen LogP contribution in [-0.4, -0.2) is 17.8 Å². The number of nitrogen functional groups attached to an aromatic ring is 1. The van der Waals surface area contributed by atoms with E-state index < -0.39 is 0 Å². The number of rotatable bonds is 5. The predicted octanol–water partition coefficient (Wildman–Crippen LogP) is 3.38. The second kappa shape index (κ2) is 6.11. The molecule has 0 bridgehead atoms. The molecule has 1 aromatic heterocycles. The van der Waals surface area contributed by atoms with E-state index in [-0.39, 0.29) is 0 Å². The van der Waals surface area contributed by atoms with Gasteiger partial charge in [-0.15, -0.1) is 23.1 Å². The lowest BCUT2D eigenvalue weighted by Gasteiger charge is -2.08. The Labute approximate surface area is 115 Å². The van der Waals surface area contributed by atoms with Gasteiger partial charge in [-0.05, 0) is 25.5 Å². The first-order chi connectivity index (χ1) is 8.70. The van der Waals surface area contributed by atoms with Crippen LogP contribution in [0.15, 0.2) is 28.6 Å². The molecule has 2 aromatic rings. The summed E-state index contributed by atoms with van der Waals surface area (Å²) in [5.41, 5.74) is 9.51. The zero-order valence-electron chi connectivity index (χ0n) is 10.5. The first-order valence-corrected chi connectivity index (χ1v) is 7.52. The topological polar surface area (TPSA) is 48.1 Å². The fraction of sp³-hybridized carbons (Fsp3) is 0.308. The molecule has 5 heteroatoms. The van der Waals surface area contributed by atoms with E-state index >= 15 is 0 Å². The van der Waals surface area contributed by atoms with Gasteiger partial charge in [-0.1, -0.05) is 0 Å². The number of nitrogens with zero attached hydrogens (tertiary/aromatic N) is 1. The van der Waals surface area contributed by atoms with Crippen molar-refractivity contribution in [3.63, 3.8) is 0 Å². The van der Waals surface area contributed by atoms with Gasteiger partial charge in [0, 0.05) is 27.3 Å². The summed E-state index contributed by atoms with van der Waals surface area (Å²) in [6.07, 6.45) is 1.04. The van der Waals surface area contributed by atoms with Gasteiger partial charge in [0.25, 0.3) is 0 Å². The minimum Gasteiger partial charge on any atom is -0.496 e. The molecule has 3 nitrogen and oxygen atoms in total. The van der Waals surface area contributed by atoms with Gasteiger partial charge in [-0.25, -0.2) is 4.98 Å². The number of nitrogens with two attached hydrogens (primary N) is 1. The summed E-state index contributed by atoms with van der Waals surface area (Å²) < 4.78 is 5.33. The first-order valence-electron chi connectivity index (χ1n) is 5.66. The molecule has 1 aromatic carbocycles. The Bertz CT molecular complexity index is 525. The van der Waals surface area contributed by atoms with E-state index in [0.29, 0.717) is 0 Å². The molecular formula is C13H16N2OS2. The van der Waals surface area contributed by atoms with Crippen molar-refractivity contribution < 1.29 is 4.74 Å². The molecule has 0 radical (unpaired) electrons. The lowest BCUT2D eigenvalue weighted by molar-refractivity contribution is 0.405. The Hall–Kier alpha value is -1.20. The summed E-state index contributed by atoms with van der Waals surface area (Å²) in [6.45, 7) is 2.06. The molecule has 0 saturated heterocycles. The van der Waals surface area contributed by atoms with Crippen LogP contribution in [0.3, 0.4) is 0 Å². The third-order valence-electron chi connectivity index (χ3n) is 2.62. The standard InChI is InChI=1S/C13H16N2OS2/c1-9-12(18-8-15-9)5-6-17-13-4-3-10(14)7-11(13)16-2/h3-4,7-8H,5-6,14H2,1-2H3. The van der Waals surface area contributed by atoms with E-state index in [2.05, 4.69) is 11.9 Å². The Morgan fingerprint density at radius 1 is 1.44 bits per heavy atom. The maximum atomic E-state index is 5.73. The second-order valence-electron chi connectivity index (χ2n) is 3.87. The number of methoxy groups -OCH3 is 1. The van der Waals surface area contributed by atoms with Gasteiger partial charge in [-0.2, -0.15) is 0 Å². The fourth-order valence-corrected chi connectivity index (χ4v) is 3.51. The lowest BCUT2D eigenvalue weighted by Crippen LogP contribution is -1.92. The van der Waals surface area contributed by atoms with Crippen LogP contribution in [0.5, 0.6) is 5.75 Å². The van der Waals surface area contributed by atoms with Gasteiger partial charge in [0.05, 0.1) is 18.3 Å². The molecule has 0 fully saturated rings. The van der Waals surface area contributed by atoms with Gasteiger partial charge in [-0.3, -0.25) is 0 Å². The number of thiazole rings is 1. The molecule has 2 N–H and O–H groups in total. The number of hydrogen-bond donors (Lipinski definition) is 1. The summed E-state index contributed by atoms with van der Waals surface area (Å²) in [7, 11) is 1.67. The second-order valence-corrected chi connectivity index (χ2v) is 5.95. The Morgan fingerprint density at radius 2 is 2.28 bits per heavy atom. The third kappa shape index (κ3) is 3.17. The van der Waals surface area contributed by atoms with Crippen LogP contribution >= 0.6 is 23.1 Å². The molecule has 0 saturated carbocycles. The van der Waals surface area contributed by atoms with E-state index in [1.807, 2.05) is 23.7 Å². The van der Waals surface area contributed by atoms with Gasteiger partial charge < -0.3 is 10.5 Å². The van der Waals surface area contributed by atoms with Crippen LogP contribution in [0.2, 0.25) is 0 Å². The maximum absolute atomic E-state index is 5.73. The smallest absolute Gasteiger partial charge is 0.134 e. The molecular weight excluding hydrogens is 264 g/mol. The summed E-state index contributed by atoms with van der Waals surface area (Å²) in [5, 5.41) is 0. The minimum absolute atomic E-state index is 0.731. The fourth-order valence-electron chi connectivity index (χ4n) is 1.62. The molecule has 0 unspecified atom stereocenters. The molecule has 96 valence electrons. The van der Waals surface area contributed by atoms with Crippen LogP contribution in [0.1, 0.15) is 10.6 Å². The highest BCUT2D eigenvalue weighted by atomic mass is 32.2. The molecule has 0 aliphatic carbocycles. The Morgan fingerprint density at radius 3 is 2.94 bits per heavy atom. The SMILES string of the molecule is COc1cc(N)ccc1SCCc1scnc1C. The number of aromatic nitrogens is 1. The molecule has 1 heterocycles. The number of aryl methyl sites for hydroxylation is 2. The maximum Gasteiger partial charge on any atom is 0.134 e. The van der Waals surface area contributed by atoms with Crippen molar-refractivity contribution >= 4 is 28.8 Å². The summed E-state index contributed by atoms with van der Waals surface area (Å²) >= 11 is 3.51. The van der Waals surface area contributed by atoms with E-state index in [9.17, 15) is 0 Å².